The summed E-state index contributed by atoms with van der Waals surface area (Å²) in [6.45, 7) is 3.93. The van der Waals surface area contributed by atoms with E-state index < -0.39 is 39.8 Å². The minimum atomic E-state index is -4.75. The maximum atomic E-state index is 13.5. The topological polar surface area (TPSA) is 156 Å². The molecular weight excluding hydrogens is 541 g/mol. The number of nitrogens with two attached hydrogens (primary N) is 1. The Kier molecular flexibility index (Phi) is 7.58. The second-order valence-corrected chi connectivity index (χ2v) is 11.5. The Labute approximate surface area is 222 Å². The number of carbonyl (C=O) groups excluding carboxylic acids is 1. The highest BCUT2D eigenvalue weighted by Crippen LogP contribution is 2.35. The number of carbonyl (C=O) groups is 1. The molecule has 3 heterocycles. The molecule has 0 saturated carbocycles. The predicted octanol–water partition coefficient (Wildman–Crippen LogP) is 2.50. The third kappa shape index (κ3) is 5.83. The number of aliphatic hydroxyl groups is 1. The van der Waals surface area contributed by atoms with Crippen LogP contribution in [0.25, 0.3) is 11.5 Å². The quantitative estimate of drug-likeness (QED) is 0.434. The Morgan fingerprint density at radius 1 is 1.26 bits per heavy atom. The lowest BCUT2D eigenvalue weighted by atomic mass is 9.99. The van der Waals surface area contributed by atoms with Gasteiger partial charge in [0.1, 0.15) is 6.26 Å². The molecule has 210 valence electrons. The maximum absolute atomic E-state index is 13.5. The average Bonchev–Trinajstić information content (AvgIpc) is 3.37. The number of rotatable bonds is 7. The number of alkyl halides is 3. The van der Waals surface area contributed by atoms with Gasteiger partial charge in [0.05, 0.1) is 23.1 Å². The molecule has 1 aliphatic rings. The Hall–Kier alpha value is -3.72. The van der Waals surface area contributed by atoms with E-state index in [0.29, 0.717) is 18.8 Å². The fourth-order valence-electron chi connectivity index (χ4n) is 4.46. The number of amides is 1. The fourth-order valence-corrected chi connectivity index (χ4v) is 5.35. The second-order valence-electron chi connectivity index (χ2n) is 9.51. The van der Waals surface area contributed by atoms with Gasteiger partial charge in [-0.2, -0.15) is 13.2 Å². The van der Waals surface area contributed by atoms with Gasteiger partial charge >= 0.3 is 6.18 Å². The molecular formula is C24H27F3N6O5S. The molecule has 15 heteroatoms. The predicted molar refractivity (Wildman–Crippen MR) is 135 cm³/mol. The monoisotopic (exact) mass is 568 g/mol. The van der Waals surface area contributed by atoms with Crippen molar-refractivity contribution in [2.45, 2.75) is 37.6 Å². The van der Waals surface area contributed by atoms with E-state index >= 15 is 0 Å². The Bertz CT molecular complexity index is 1490. The summed E-state index contributed by atoms with van der Waals surface area (Å²) in [5.74, 6) is -1.03. The first-order chi connectivity index (χ1) is 18.2. The lowest BCUT2D eigenvalue weighted by Gasteiger charge is -2.44. The van der Waals surface area contributed by atoms with Gasteiger partial charge in [-0.1, -0.05) is 13.8 Å². The van der Waals surface area contributed by atoms with Gasteiger partial charge in [-0.05, 0) is 24.1 Å². The Morgan fingerprint density at radius 3 is 2.54 bits per heavy atom. The Morgan fingerprint density at radius 2 is 1.97 bits per heavy atom. The first-order valence-electron chi connectivity index (χ1n) is 11.9. The standard InChI is InChI=1S/C24H27F3N6O5S/c1-13(2)18-10-32(6-7-33(18)23-29-9-14(11-34)20(31-23)24(25,26)27)15-4-5-16(19(8-15)39(3,36)37)22-30-17(12-38-22)21(28)35/h4-5,8-9,12-13,18,34H,6-7,10-11H2,1-3H3,(H2,28,35)/t18-/m0/s1. The van der Waals surface area contributed by atoms with Crippen molar-refractivity contribution >= 4 is 27.4 Å². The SMILES string of the molecule is CC(C)[C@@H]1CN(c2ccc(-c3nc(C(N)=O)co3)c(S(C)(=O)=O)c2)CCN1c1ncc(CO)c(C(F)(F)F)n1. The number of anilines is 2. The number of oxazole rings is 1. The smallest absolute Gasteiger partial charge is 0.433 e. The molecule has 1 amide bonds. The largest absolute Gasteiger partial charge is 0.444 e. The number of halogens is 3. The zero-order chi connectivity index (χ0) is 28.7. The van der Waals surface area contributed by atoms with Crippen LogP contribution in [0.3, 0.4) is 0 Å². The van der Waals surface area contributed by atoms with Crippen molar-refractivity contribution in [3.8, 4) is 11.5 Å². The summed E-state index contributed by atoms with van der Waals surface area (Å²) in [4.78, 5) is 26.8. The van der Waals surface area contributed by atoms with Crippen LogP contribution in [-0.2, 0) is 22.6 Å². The van der Waals surface area contributed by atoms with Crippen molar-refractivity contribution in [3.63, 3.8) is 0 Å². The molecule has 0 spiro atoms. The van der Waals surface area contributed by atoms with E-state index in [-0.39, 0.29) is 46.5 Å². The summed E-state index contributed by atoms with van der Waals surface area (Å²) >= 11 is 0. The average molecular weight is 569 g/mol. The molecule has 2 aromatic heterocycles. The number of primary amides is 1. The van der Waals surface area contributed by atoms with Crippen LogP contribution in [0.5, 0.6) is 0 Å². The van der Waals surface area contributed by atoms with E-state index in [1.165, 1.54) is 12.1 Å². The van der Waals surface area contributed by atoms with Crippen molar-refractivity contribution in [1.29, 1.82) is 0 Å². The Balaban J connectivity index is 1.67. The number of aromatic nitrogens is 3. The van der Waals surface area contributed by atoms with Crippen molar-refractivity contribution in [2.24, 2.45) is 11.7 Å². The molecule has 0 aliphatic carbocycles. The number of benzene rings is 1. The third-order valence-electron chi connectivity index (χ3n) is 6.45. The minimum Gasteiger partial charge on any atom is -0.444 e. The molecule has 1 fully saturated rings. The zero-order valence-corrected chi connectivity index (χ0v) is 22.1. The van der Waals surface area contributed by atoms with E-state index in [2.05, 4.69) is 15.0 Å². The highest BCUT2D eigenvalue weighted by atomic mass is 32.2. The van der Waals surface area contributed by atoms with Crippen LogP contribution in [0.2, 0.25) is 0 Å². The van der Waals surface area contributed by atoms with E-state index in [9.17, 15) is 31.5 Å². The summed E-state index contributed by atoms with van der Waals surface area (Å²) in [6.07, 6.45) is -1.69. The van der Waals surface area contributed by atoms with Crippen LogP contribution in [-0.4, -0.2) is 66.3 Å². The van der Waals surface area contributed by atoms with Crippen molar-refractivity contribution < 1.29 is 35.9 Å². The number of hydrogen-bond donors (Lipinski definition) is 2. The molecule has 1 aliphatic heterocycles. The molecule has 11 nitrogen and oxygen atoms in total. The van der Waals surface area contributed by atoms with Gasteiger partial charge in [-0.25, -0.2) is 23.4 Å². The van der Waals surface area contributed by atoms with E-state index in [1.54, 1.807) is 11.0 Å². The molecule has 0 unspecified atom stereocenters. The minimum absolute atomic E-state index is 0.0311. The highest BCUT2D eigenvalue weighted by molar-refractivity contribution is 7.90. The van der Waals surface area contributed by atoms with Gasteiger partial charge in [-0.15, -0.1) is 0 Å². The molecule has 0 radical (unpaired) electrons. The molecule has 1 aromatic carbocycles. The number of hydrogen-bond acceptors (Lipinski definition) is 10. The van der Waals surface area contributed by atoms with Gasteiger partial charge in [0.2, 0.25) is 11.8 Å². The molecule has 39 heavy (non-hydrogen) atoms. The fraction of sp³-hybridized carbons (Fsp3) is 0.417. The highest BCUT2D eigenvalue weighted by Gasteiger charge is 2.38. The third-order valence-corrected chi connectivity index (χ3v) is 7.59. The van der Waals surface area contributed by atoms with Crippen LogP contribution < -0.4 is 15.5 Å². The van der Waals surface area contributed by atoms with Gasteiger partial charge < -0.3 is 25.1 Å². The van der Waals surface area contributed by atoms with Gasteiger partial charge in [0.15, 0.2) is 21.2 Å². The number of nitrogens with zero attached hydrogens (tertiary/aromatic N) is 5. The summed E-state index contributed by atoms with van der Waals surface area (Å²) in [6, 6.07) is 4.36. The van der Waals surface area contributed by atoms with Gasteiger partial charge in [-0.3, -0.25) is 4.79 Å². The number of piperazine rings is 1. The summed E-state index contributed by atoms with van der Waals surface area (Å²) < 4.78 is 71.2. The van der Waals surface area contributed by atoms with Crippen molar-refractivity contribution in [3.05, 3.63) is 47.6 Å². The first-order valence-corrected chi connectivity index (χ1v) is 13.7. The normalized spacial score (nSPS) is 16.7. The number of aliphatic hydroxyl groups excluding tert-OH is 1. The van der Waals surface area contributed by atoms with E-state index in [1.807, 2.05) is 18.7 Å². The molecule has 0 bridgehead atoms. The zero-order valence-electron chi connectivity index (χ0n) is 21.3. The van der Waals surface area contributed by atoms with Crippen LogP contribution in [0.1, 0.15) is 35.6 Å². The second kappa shape index (κ2) is 10.4. The summed E-state index contributed by atoms with van der Waals surface area (Å²) in [7, 11) is -3.76. The molecule has 3 N–H and O–H groups in total. The van der Waals surface area contributed by atoms with Crippen molar-refractivity contribution in [2.75, 3.05) is 35.7 Å². The van der Waals surface area contributed by atoms with E-state index in [0.717, 1.165) is 18.7 Å². The number of sulfone groups is 1. The summed E-state index contributed by atoms with van der Waals surface area (Å²) in [5.41, 5.74) is 4.21. The lowest BCUT2D eigenvalue weighted by molar-refractivity contribution is -0.142. The van der Waals surface area contributed by atoms with E-state index in [4.69, 9.17) is 10.2 Å². The lowest BCUT2D eigenvalue weighted by Crippen LogP contribution is -2.56. The molecule has 1 saturated heterocycles. The maximum Gasteiger partial charge on any atom is 0.433 e. The van der Waals surface area contributed by atoms with Crippen molar-refractivity contribution in [1.82, 2.24) is 15.0 Å². The van der Waals surface area contributed by atoms with Gasteiger partial charge in [0.25, 0.3) is 5.91 Å². The van der Waals surface area contributed by atoms with Crippen LogP contribution >= 0.6 is 0 Å². The first kappa shape index (κ1) is 28.3. The molecule has 1 atom stereocenters. The molecule has 4 rings (SSSR count). The van der Waals surface area contributed by atoms with Crippen LogP contribution in [0.4, 0.5) is 24.8 Å². The van der Waals surface area contributed by atoms with Crippen LogP contribution in [0.15, 0.2) is 40.0 Å². The van der Waals surface area contributed by atoms with Gasteiger partial charge in [0, 0.05) is 43.3 Å². The summed E-state index contributed by atoms with van der Waals surface area (Å²) in [5, 5.41) is 9.31. The van der Waals surface area contributed by atoms with Crippen LogP contribution in [0, 0.1) is 5.92 Å². The molecule has 3 aromatic rings.